The van der Waals surface area contributed by atoms with Crippen LogP contribution in [0.2, 0.25) is 0 Å². The Kier molecular flexibility index (Phi) is 4.64. The summed E-state index contributed by atoms with van der Waals surface area (Å²) < 4.78 is 10.5. The minimum atomic E-state index is -0.395. The number of carbonyl (C=O) groups is 1. The lowest BCUT2D eigenvalue weighted by Gasteiger charge is -2.07. The third-order valence-corrected chi connectivity index (χ3v) is 4.45. The summed E-state index contributed by atoms with van der Waals surface area (Å²) in [5, 5.41) is 3.69. The topological polar surface area (TPSA) is 68.5 Å². The number of para-hydroxylation sites is 1. The molecule has 1 heterocycles. The van der Waals surface area contributed by atoms with Gasteiger partial charge in [0.1, 0.15) is 11.3 Å². The van der Waals surface area contributed by atoms with Crippen molar-refractivity contribution in [1.82, 2.24) is 0 Å². The summed E-state index contributed by atoms with van der Waals surface area (Å²) in [7, 11) is 1.58. The van der Waals surface area contributed by atoms with Crippen LogP contribution in [0, 0.1) is 0 Å². The van der Waals surface area contributed by atoms with Crippen LogP contribution in [0.1, 0.15) is 10.4 Å². The van der Waals surface area contributed by atoms with Crippen LogP contribution in [0.3, 0.4) is 0 Å². The molecule has 0 radical (unpaired) electrons. The number of benzene rings is 3. The first kappa shape index (κ1) is 17.5. The molecule has 1 N–H and O–H groups in total. The number of ether oxygens (including phenoxy) is 1. The Hall–Kier alpha value is -3.86. The van der Waals surface area contributed by atoms with Gasteiger partial charge in [-0.3, -0.25) is 4.79 Å². The minimum Gasteiger partial charge on any atom is -0.497 e. The number of fused-ring (bicyclic) bond motifs is 1. The highest BCUT2D eigenvalue weighted by molar-refractivity contribution is 6.04. The summed E-state index contributed by atoms with van der Waals surface area (Å²) in [5.74, 6) is 0.468. The van der Waals surface area contributed by atoms with Crippen molar-refractivity contribution >= 4 is 22.6 Å². The fourth-order valence-corrected chi connectivity index (χ4v) is 2.94. The highest BCUT2D eigenvalue weighted by atomic mass is 16.5. The molecule has 4 aromatic rings. The average molecular weight is 371 g/mol. The molecule has 138 valence electrons. The van der Waals surface area contributed by atoms with E-state index in [4.69, 9.17) is 9.15 Å². The van der Waals surface area contributed by atoms with E-state index in [0.29, 0.717) is 28.1 Å². The lowest BCUT2D eigenvalue weighted by Crippen LogP contribution is -2.11. The van der Waals surface area contributed by atoms with Gasteiger partial charge in [-0.05, 0) is 54.1 Å². The van der Waals surface area contributed by atoms with Gasteiger partial charge in [0.25, 0.3) is 5.91 Å². The van der Waals surface area contributed by atoms with E-state index in [1.54, 1.807) is 61.7 Å². The summed E-state index contributed by atoms with van der Waals surface area (Å²) in [4.78, 5) is 24.6. The minimum absolute atomic E-state index is 0.222. The van der Waals surface area contributed by atoms with Gasteiger partial charge in [0.2, 0.25) is 0 Å². The Labute approximate surface area is 161 Å². The number of anilines is 1. The smallest absolute Gasteiger partial charge is 0.344 e. The normalized spacial score (nSPS) is 10.6. The molecule has 3 aromatic carbocycles. The second kappa shape index (κ2) is 7.40. The van der Waals surface area contributed by atoms with Gasteiger partial charge in [0, 0.05) is 16.6 Å². The van der Waals surface area contributed by atoms with Crippen LogP contribution in [0.25, 0.3) is 22.1 Å². The quantitative estimate of drug-likeness (QED) is 0.527. The molecule has 0 spiro atoms. The lowest BCUT2D eigenvalue weighted by molar-refractivity contribution is 0.102. The molecule has 5 heteroatoms. The van der Waals surface area contributed by atoms with Gasteiger partial charge in [-0.15, -0.1) is 0 Å². The van der Waals surface area contributed by atoms with Gasteiger partial charge in [0.05, 0.1) is 12.7 Å². The number of hydrogen-bond acceptors (Lipinski definition) is 4. The van der Waals surface area contributed by atoms with Gasteiger partial charge in [-0.1, -0.05) is 30.3 Å². The van der Waals surface area contributed by atoms with Crippen LogP contribution < -0.4 is 15.7 Å². The molecule has 0 aliphatic heterocycles. The SMILES string of the molecule is COc1ccc(C(=O)Nc2ccc(-c3cc4ccccc4oc3=O)cc2)cc1. The fourth-order valence-electron chi connectivity index (χ4n) is 2.94. The Morgan fingerprint density at radius 3 is 2.36 bits per heavy atom. The van der Waals surface area contributed by atoms with E-state index in [1.165, 1.54) is 0 Å². The van der Waals surface area contributed by atoms with Crippen LogP contribution in [-0.2, 0) is 0 Å². The molecule has 1 aromatic heterocycles. The fraction of sp³-hybridized carbons (Fsp3) is 0.0435. The average Bonchev–Trinajstić information content (AvgIpc) is 2.74. The van der Waals surface area contributed by atoms with E-state index in [1.807, 2.05) is 24.3 Å². The highest BCUT2D eigenvalue weighted by Gasteiger charge is 2.09. The van der Waals surface area contributed by atoms with E-state index < -0.39 is 5.63 Å². The largest absolute Gasteiger partial charge is 0.497 e. The van der Waals surface area contributed by atoms with E-state index >= 15 is 0 Å². The Balaban J connectivity index is 1.56. The zero-order valence-electron chi connectivity index (χ0n) is 15.1. The Morgan fingerprint density at radius 1 is 0.929 bits per heavy atom. The molecule has 0 fully saturated rings. The van der Waals surface area contributed by atoms with Crippen LogP contribution in [0.15, 0.2) is 88.1 Å². The molecule has 5 nitrogen and oxygen atoms in total. The van der Waals surface area contributed by atoms with Crippen molar-refractivity contribution in [3.63, 3.8) is 0 Å². The third-order valence-electron chi connectivity index (χ3n) is 4.45. The molecule has 0 saturated carbocycles. The van der Waals surface area contributed by atoms with Crippen LogP contribution >= 0.6 is 0 Å². The van der Waals surface area contributed by atoms with Crippen molar-refractivity contribution in [1.29, 1.82) is 0 Å². The predicted molar refractivity (Wildman–Crippen MR) is 109 cm³/mol. The number of nitrogens with one attached hydrogen (secondary N) is 1. The molecule has 0 atom stereocenters. The molecule has 0 aliphatic rings. The number of carbonyl (C=O) groups excluding carboxylic acids is 1. The summed E-state index contributed by atoms with van der Waals surface area (Å²) in [5.41, 5.74) is 2.52. The maximum absolute atomic E-state index is 12.4. The summed E-state index contributed by atoms with van der Waals surface area (Å²) in [6.07, 6.45) is 0. The van der Waals surface area contributed by atoms with Crippen molar-refractivity contribution in [2.75, 3.05) is 12.4 Å². The predicted octanol–water partition coefficient (Wildman–Crippen LogP) is 4.72. The molecule has 0 saturated heterocycles. The van der Waals surface area contributed by atoms with Gasteiger partial charge in [-0.2, -0.15) is 0 Å². The summed E-state index contributed by atoms with van der Waals surface area (Å²) in [6.45, 7) is 0. The Bertz CT molecular complexity index is 1190. The van der Waals surface area contributed by atoms with Gasteiger partial charge >= 0.3 is 5.63 Å². The van der Waals surface area contributed by atoms with Gasteiger partial charge in [-0.25, -0.2) is 4.79 Å². The second-order valence-corrected chi connectivity index (χ2v) is 6.25. The second-order valence-electron chi connectivity index (χ2n) is 6.25. The maximum atomic E-state index is 12.4. The molecule has 0 aliphatic carbocycles. The molecule has 28 heavy (non-hydrogen) atoms. The standard InChI is InChI=1S/C23H17NO4/c1-27-19-12-8-16(9-13-19)22(25)24-18-10-6-15(7-11-18)20-14-17-4-2-3-5-21(17)28-23(20)26/h2-14H,1H3,(H,24,25). The molecule has 4 rings (SSSR count). The lowest BCUT2D eigenvalue weighted by atomic mass is 10.1. The van der Waals surface area contributed by atoms with Crippen molar-refractivity contribution in [3.8, 4) is 16.9 Å². The van der Waals surface area contributed by atoms with Crippen LogP contribution in [-0.4, -0.2) is 13.0 Å². The zero-order valence-corrected chi connectivity index (χ0v) is 15.1. The number of methoxy groups -OCH3 is 1. The Morgan fingerprint density at radius 2 is 1.64 bits per heavy atom. The number of rotatable bonds is 4. The first-order chi connectivity index (χ1) is 13.6. The summed E-state index contributed by atoms with van der Waals surface area (Å²) >= 11 is 0. The molecule has 0 bridgehead atoms. The first-order valence-electron chi connectivity index (χ1n) is 8.73. The zero-order chi connectivity index (χ0) is 19.5. The van der Waals surface area contributed by atoms with E-state index in [0.717, 1.165) is 10.9 Å². The first-order valence-corrected chi connectivity index (χ1v) is 8.73. The molecule has 1 amide bonds. The summed E-state index contributed by atoms with van der Waals surface area (Å²) in [6, 6.07) is 23.1. The monoisotopic (exact) mass is 371 g/mol. The molecular weight excluding hydrogens is 354 g/mol. The van der Waals surface area contributed by atoms with E-state index in [-0.39, 0.29) is 5.91 Å². The highest BCUT2D eigenvalue weighted by Crippen LogP contribution is 2.23. The molecule has 0 unspecified atom stereocenters. The van der Waals surface area contributed by atoms with E-state index in [2.05, 4.69) is 5.32 Å². The van der Waals surface area contributed by atoms with Crippen molar-refractivity contribution in [2.45, 2.75) is 0 Å². The van der Waals surface area contributed by atoms with Crippen molar-refractivity contribution < 1.29 is 13.9 Å². The third kappa shape index (κ3) is 3.50. The van der Waals surface area contributed by atoms with Gasteiger partial charge in [0.15, 0.2) is 0 Å². The van der Waals surface area contributed by atoms with Gasteiger partial charge < -0.3 is 14.5 Å². The molecular formula is C23H17NO4. The van der Waals surface area contributed by atoms with Crippen molar-refractivity contribution in [3.05, 3.63) is 94.8 Å². The van der Waals surface area contributed by atoms with Crippen LogP contribution in [0.5, 0.6) is 5.75 Å². The number of amides is 1. The van der Waals surface area contributed by atoms with E-state index in [9.17, 15) is 9.59 Å². The van der Waals surface area contributed by atoms with Crippen LogP contribution in [0.4, 0.5) is 5.69 Å². The number of hydrogen-bond donors (Lipinski definition) is 1. The maximum Gasteiger partial charge on any atom is 0.344 e. The van der Waals surface area contributed by atoms with Crippen molar-refractivity contribution in [2.24, 2.45) is 0 Å².